The molecule has 1 aliphatic rings. The van der Waals surface area contributed by atoms with Gasteiger partial charge in [0.25, 0.3) is 0 Å². The standard InChI is InChI=1S/C28H41BrN6O5S2/c1-19(25-30-15-22(38-5)16-31-25)20(2)42(36,37)34(13-14-41(6,7)8)27-33-32-26(23-11-9-10-12-24(23)29)35(27)21-17-39-28(3,4)40-18-21/h9-12,15-16,19-21H,13-14,17-18H2,1-8H3/t19-,20-/m0/s1. The molecule has 3 heterocycles. The fourth-order valence-electron chi connectivity index (χ4n) is 4.48. The van der Waals surface area contributed by atoms with Gasteiger partial charge in [0.1, 0.15) is 5.82 Å². The lowest BCUT2D eigenvalue weighted by molar-refractivity contribution is -0.258. The molecule has 0 N–H and O–H groups in total. The van der Waals surface area contributed by atoms with Crippen molar-refractivity contribution >= 4 is 41.9 Å². The van der Waals surface area contributed by atoms with Crippen molar-refractivity contribution in [2.24, 2.45) is 0 Å². The molecule has 2 atom stereocenters. The number of methoxy groups -OCH3 is 1. The number of hydrogen-bond donors (Lipinski definition) is 0. The van der Waals surface area contributed by atoms with E-state index in [0.29, 0.717) is 36.4 Å². The van der Waals surface area contributed by atoms with Crippen molar-refractivity contribution in [3.05, 3.63) is 47.0 Å². The lowest BCUT2D eigenvalue weighted by atomic mass is 10.1. The number of sulfonamides is 1. The molecular weight excluding hydrogens is 644 g/mol. The molecule has 14 heteroatoms. The van der Waals surface area contributed by atoms with Crippen molar-refractivity contribution in [2.45, 2.75) is 50.7 Å². The summed E-state index contributed by atoms with van der Waals surface area (Å²) in [6.45, 7) is 8.08. The van der Waals surface area contributed by atoms with Gasteiger partial charge in [0.2, 0.25) is 16.0 Å². The van der Waals surface area contributed by atoms with Crippen LogP contribution in [0.15, 0.2) is 41.1 Å². The van der Waals surface area contributed by atoms with Crippen LogP contribution in [0.2, 0.25) is 0 Å². The Morgan fingerprint density at radius 2 is 1.71 bits per heavy atom. The third kappa shape index (κ3) is 7.26. The van der Waals surface area contributed by atoms with Gasteiger partial charge in [-0.3, -0.25) is 4.57 Å². The lowest BCUT2D eigenvalue weighted by Crippen LogP contribution is -2.45. The number of ether oxygens (including phenoxy) is 3. The van der Waals surface area contributed by atoms with Crippen molar-refractivity contribution in [2.75, 3.05) is 55.7 Å². The number of anilines is 1. The van der Waals surface area contributed by atoms with Crippen LogP contribution < -0.4 is 9.04 Å². The predicted molar refractivity (Wildman–Crippen MR) is 171 cm³/mol. The quantitative estimate of drug-likeness (QED) is 0.279. The number of halogens is 1. The molecule has 11 nitrogen and oxygen atoms in total. The van der Waals surface area contributed by atoms with E-state index in [-0.39, 0.29) is 18.5 Å². The van der Waals surface area contributed by atoms with E-state index >= 15 is 0 Å². The second-order valence-electron chi connectivity index (χ2n) is 11.7. The van der Waals surface area contributed by atoms with Gasteiger partial charge in [0.15, 0.2) is 17.4 Å². The highest BCUT2D eigenvalue weighted by Gasteiger charge is 2.40. The van der Waals surface area contributed by atoms with Crippen molar-refractivity contribution in [1.82, 2.24) is 24.7 Å². The third-order valence-corrected chi connectivity index (χ3v) is 11.7. The van der Waals surface area contributed by atoms with E-state index in [1.54, 1.807) is 19.3 Å². The molecule has 0 saturated carbocycles. The Hall–Kier alpha value is -2.26. The molecule has 232 valence electrons. The molecule has 0 aliphatic carbocycles. The maximum absolute atomic E-state index is 14.5. The van der Waals surface area contributed by atoms with E-state index in [9.17, 15) is 8.42 Å². The maximum Gasteiger partial charge on any atom is 0.241 e. The number of aromatic nitrogens is 5. The number of nitrogens with zero attached hydrogens (tertiary/aromatic N) is 6. The molecule has 1 fully saturated rings. The Morgan fingerprint density at radius 1 is 1.10 bits per heavy atom. The first-order valence-corrected chi connectivity index (χ1v) is 19.0. The minimum atomic E-state index is -3.98. The van der Waals surface area contributed by atoms with Crippen molar-refractivity contribution < 1.29 is 22.6 Å². The van der Waals surface area contributed by atoms with Crippen LogP contribution in [-0.4, -0.2) is 95.6 Å². The number of hydrogen-bond acceptors (Lipinski definition) is 9. The van der Waals surface area contributed by atoms with E-state index in [2.05, 4.69) is 54.9 Å². The Kier molecular flexibility index (Phi) is 9.93. The number of rotatable bonds is 11. The first kappa shape index (κ1) is 32.6. The van der Waals surface area contributed by atoms with E-state index in [4.69, 9.17) is 14.2 Å². The second kappa shape index (κ2) is 12.8. The molecule has 0 unspecified atom stereocenters. The molecular formula is C28H41BrN6O5S2. The largest absolute Gasteiger partial charge is 0.494 e. The zero-order valence-electron chi connectivity index (χ0n) is 25.4. The summed E-state index contributed by atoms with van der Waals surface area (Å²) >= 11 is 3.64. The predicted octanol–water partition coefficient (Wildman–Crippen LogP) is 4.85. The maximum atomic E-state index is 14.5. The van der Waals surface area contributed by atoms with Gasteiger partial charge in [-0.1, -0.05) is 41.1 Å². The summed E-state index contributed by atoms with van der Waals surface area (Å²) in [5.41, 5.74) is 0.785. The van der Waals surface area contributed by atoms with Gasteiger partial charge in [-0.2, -0.15) is 0 Å². The molecule has 1 aromatic carbocycles. The fraction of sp³-hybridized carbons (Fsp3) is 0.571. The summed E-state index contributed by atoms with van der Waals surface area (Å²) in [5, 5.41) is 8.23. The Balaban J connectivity index is 1.83. The van der Waals surface area contributed by atoms with E-state index in [0.717, 1.165) is 10.0 Å². The molecule has 0 radical (unpaired) electrons. The van der Waals surface area contributed by atoms with Gasteiger partial charge >= 0.3 is 0 Å². The average molecular weight is 686 g/mol. The van der Waals surface area contributed by atoms with E-state index in [1.807, 2.05) is 49.6 Å². The molecule has 42 heavy (non-hydrogen) atoms. The zero-order valence-corrected chi connectivity index (χ0v) is 28.7. The van der Waals surface area contributed by atoms with Crippen LogP contribution in [0.3, 0.4) is 0 Å². The van der Waals surface area contributed by atoms with Gasteiger partial charge in [0.05, 0.1) is 44.0 Å². The summed E-state index contributed by atoms with van der Waals surface area (Å²) in [7, 11) is -3.51. The molecule has 0 bridgehead atoms. The van der Waals surface area contributed by atoms with Crippen LogP contribution in [0.1, 0.15) is 45.5 Å². The molecule has 0 spiro atoms. The molecule has 0 amide bonds. The van der Waals surface area contributed by atoms with Crippen LogP contribution in [-0.2, 0) is 19.5 Å². The Labute approximate surface area is 258 Å². The lowest BCUT2D eigenvalue weighted by Gasteiger charge is -2.38. The van der Waals surface area contributed by atoms with Crippen LogP contribution in [0.4, 0.5) is 5.95 Å². The van der Waals surface area contributed by atoms with Gasteiger partial charge < -0.3 is 14.2 Å². The highest BCUT2D eigenvalue weighted by Crippen LogP contribution is 2.39. The summed E-state index contributed by atoms with van der Waals surface area (Å²) in [6, 6.07) is 7.31. The van der Waals surface area contributed by atoms with Gasteiger partial charge in [-0.25, -0.2) is 32.7 Å². The van der Waals surface area contributed by atoms with Crippen LogP contribution in [0.25, 0.3) is 11.4 Å². The Morgan fingerprint density at radius 3 is 2.29 bits per heavy atom. The summed E-state index contributed by atoms with van der Waals surface area (Å²) in [6.07, 6.45) is 9.58. The third-order valence-electron chi connectivity index (χ3n) is 7.31. The highest BCUT2D eigenvalue weighted by atomic mass is 79.9. The Bertz CT molecular complexity index is 1470. The zero-order chi connectivity index (χ0) is 30.9. The first-order chi connectivity index (χ1) is 19.6. The minimum Gasteiger partial charge on any atom is -0.494 e. The first-order valence-electron chi connectivity index (χ1n) is 13.7. The van der Waals surface area contributed by atoms with Crippen molar-refractivity contribution in [3.63, 3.8) is 0 Å². The summed E-state index contributed by atoms with van der Waals surface area (Å²) in [5.74, 6) is 1.10. The smallest absolute Gasteiger partial charge is 0.241 e. The molecule has 4 rings (SSSR count). The van der Waals surface area contributed by atoms with Gasteiger partial charge in [0, 0.05) is 22.5 Å². The topological polar surface area (TPSA) is 122 Å². The number of benzene rings is 1. The van der Waals surface area contributed by atoms with Gasteiger partial charge in [-0.15, -0.1) is 10.2 Å². The molecule has 2 aromatic heterocycles. The monoisotopic (exact) mass is 684 g/mol. The van der Waals surface area contributed by atoms with E-state index in [1.165, 1.54) is 11.4 Å². The average Bonchev–Trinajstić information content (AvgIpc) is 3.36. The molecule has 1 saturated heterocycles. The SMILES string of the molecule is COc1cnc([C@@H](C)[C@H](C)S(=O)(=O)N(CCS(C)(C)C)c2nnc(-c3ccccc3Br)n2C2COC(C)(C)OC2)nc1. The van der Waals surface area contributed by atoms with Crippen molar-refractivity contribution in [1.29, 1.82) is 0 Å². The van der Waals surface area contributed by atoms with Crippen LogP contribution >= 0.6 is 26.0 Å². The van der Waals surface area contributed by atoms with Crippen LogP contribution in [0.5, 0.6) is 5.75 Å². The molecule has 1 aliphatic heterocycles. The molecule has 3 aromatic rings. The second-order valence-corrected chi connectivity index (χ2v) is 19.4. The minimum absolute atomic E-state index is 0.232. The van der Waals surface area contributed by atoms with E-state index < -0.39 is 37.0 Å². The van der Waals surface area contributed by atoms with Gasteiger partial charge in [-0.05, 0) is 51.4 Å². The summed E-state index contributed by atoms with van der Waals surface area (Å²) < 4.78 is 50.4. The highest BCUT2D eigenvalue weighted by molar-refractivity contribution is 9.10. The van der Waals surface area contributed by atoms with Crippen molar-refractivity contribution in [3.8, 4) is 17.1 Å². The van der Waals surface area contributed by atoms with Crippen LogP contribution in [0, 0.1) is 0 Å². The fourth-order valence-corrected chi connectivity index (χ4v) is 7.53. The summed E-state index contributed by atoms with van der Waals surface area (Å²) in [4.78, 5) is 8.75. The normalized spacial score (nSPS) is 17.9.